The highest BCUT2D eigenvalue weighted by Gasteiger charge is 2.43. The third-order valence-electron chi connectivity index (χ3n) is 7.44. The molecular formula is C27H39N5O+2. The van der Waals surface area contributed by atoms with Crippen LogP contribution in [0, 0.1) is 0 Å². The van der Waals surface area contributed by atoms with E-state index in [1.54, 1.807) is 0 Å². The summed E-state index contributed by atoms with van der Waals surface area (Å²) in [7, 11) is 8.65. The summed E-state index contributed by atoms with van der Waals surface area (Å²) in [5, 5.41) is 6.74. The third-order valence-corrected chi connectivity index (χ3v) is 7.44. The first-order valence-corrected chi connectivity index (χ1v) is 11.9. The van der Waals surface area contributed by atoms with Crippen LogP contribution in [0.2, 0.25) is 0 Å². The molecule has 2 aliphatic heterocycles. The van der Waals surface area contributed by atoms with Gasteiger partial charge >= 0.3 is 0 Å². The van der Waals surface area contributed by atoms with Gasteiger partial charge in [-0.05, 0) is 33.0 Å². The van der Waals surface area contributed by atoms with Crippen LogP contribution in [0.5, 0.6) is 5.75 Å². The normalized spacial score (nSPS) is 19.7. The molecule has 4 rings (SSSR count). The standard InChI is InChI=1S/C27H39N5O/c1-27(2)22-11-7-8-12-23(22)30(4)26(27)21-28-31(5)24-13-9-10-14-25(24)33-20-19-32(6)17-15-29(3)16-18-32/h7-14,21H,15-20H2,1-6H3/q+2. The van der Waals surface area contributed by atoms with E-state index in [4.69, 9.17) is 9.84 Å². The van der Waals surface area contributed by atoms with Crippen molar-refractivity contribution in [2.45, 2.75) is 19.3 Å². The van der Waals surface area contributed by atoms with Crippen molar-refractivity contribution in [1.29, 1.82) is 0 Å². The molecule has 0 bridgehead atoms. The van der Waals surface area contributed by atoms with E-state index in [0.717, 1.165) is 35.6 Å². The molecule has 2 heterocycles. The summed E-state index contributed by atoms with van der Waals surface area (Å²) in [5.74, 6) is 0.880. The van der Waals surface area contributed by atoms with Crippen LogP contribution in [0.25, 0.3) is 0 Å². The molecule has 0 N–H and O–H groups in total. The SMILES string of the molecule is CN1CC[N+](C)(CCOc2ccccc2N(C)N=CC2=[N+](C)c3ccccc3C2(C)C)CC1. The summed E-state index contributed by atoms with van der Waals surface area (Å²) in [4.78, 5) is 2.41. The number of hydrazone groups is 1. The van der Waals surface area contributed by atoms with Crippen LogP contribution in [-0.2, 0) is 5.41 Å². The Hall–Kier alpha value is -2.70. The van der Waals surface area contributed by atoms with Crippen molar-refractivity contribution in [3.63, 3.8) is 0 Å². The van der Waals surface area contributed by atoms with Crippen LogP contribution in [0.1, 0.15) is 19.4 Å². The fraction of sp³-hybridized carbons (Fsp3) is 0.481. The second-order valence-corrected chi connectivity index (χ2v) is 10.3. The Morgan fingerprint density at radius 2 is 1.79 bits per heavy atom. The fourth-order valence-electron chi connectivity index (χ4n) is 4.93. The van der Waals surface area contributed by atoms with E-state index in [9.17, 15) is 0 Å². The van der Waals surface area contributed by atoms with E-state index < -0.39 is 0 Å². The first-order valence-electron chi connectivity index (χ1n) is 11.9. The van der Waals surface area contributed by atoms with Crippen molar-refractivity contribution < 1.29 is 13.8 Å². The minimum atomic E-state index is -0.0902. The molecule has 2 aromatic carbocycles. The van der Waals surface area contributed by atoms with Crippen LogP contribution in [-0.4, -0.2) is 93.4 Å². The van der Waals surface area contributed by atoms with Crippen LogP contribution in [0.15, 0.2) is 53.6 Å². The minimum Gasteiger partial charge on any atom is -0.485 e. The number of quaternary nitrogens is 1. The number of hydrogen-bond acceptors (Lipinski definition) is 4. The maximum absolute atomic E-state index is 6.28. The highest BCUT2D eigenvalue weighted by Crippen LogP contribution is 2.38. The summed E-state index contributed by atoms with van der Waals surface area (Å²) in [6.45, 7) is 10.9. The van der Waals surface area contributed by atoms with E-state index in [1.165, 1.54) is 30.1 Å². The van der Waals surface area contributed by atoms with E-state index in [0.29, 0.717) is 6.61 Å². The molecule has 6 nitrogen and oxygen atoms in total. The van der Waals surface area contributed by atoms with Gasteiger partial charge in [0.15, 0.2) is 0 Å². The maximum atomic E-state index is 6.28. The van der Waals surface area contributed by atoms with Gasteiger partial charge in [0.1, 0.15) is 37.9 Å². The van der Waals surface area contributed by atoms with Crippen LogP contribution < -0.4 is 9.75 Å². The number of likely N-dealkylation sites (N-methyl/N-ethyl adjacent to an activating group) is 2. The topological polar surface area (TPSA) is 31.1 Å². The first kappa shape index (κ1) is 23.5. The van der Waals surface area contributed by atoms with Crippen molar-refractivity contribution in [3.8, 4) is 5.75 Å². The lowest BCUT2D eigenvalue weighted by Gasteiger charge is -2.40. The minimum absolute atomic E-state index is 0.0902. The van der Waals surface area contributed by atoms with Crippen molar-refractivity contribution in [3.05, 3.63) is 54.1 Å². The number of anilines is 1. The van der Waals surface area contributed by atoms with Gasteiger partial charge in [-0.2, -0.15) is 9.68 Å². The Bertz CT molecular complexity index is 1050. The number of piperazine rings is 1. The van der Waals surface area contributed by atoms with E-state index in [1.807, 2.05) is 36.5 Å². The molecule has 33 heavy (non-hydrogen) atoms. The smallest absolute Gasteiger partial charge is 0.212 e. The first-order chi connectivity index (χ1) is 15.7. The van der Waals surface area contributed by atoms with Gasteiger partial charge in [-0.1, -0.05) is 30.3 Å². The molecule has 1 fully saturated rings. The predicted octanol–water partition coefficient (Wildman–Crippen LogP) is 3.59. The summed E-state index contributed by atoms with van der Waals surface area (Å²) in [6, 6.07) is 16.8. The predicted molar refractivity (Wildman–Crippen MR) is 137 cm³/mol. The maximum Gasteiger partial charge on any atom is 0.212 e. The van der Waals surface area contributed by atoms with E-state index >= 15 is 0 Å². The van der Waals surface area contributed by atoms with Crippen LogP contribution in [0.3, 0.4) is 0 Å². The summed E-state index contributed by atoms with van der Waals surface area (Å²) in [5.41, 5.74) is 4.65. The van der Waals surface area contributed by atoms with Gasteiger partial charge in [-0.3, -0.25) is 9.91 Å². The Morgan fingerprint density at radius 3 is 2.52 bits per heavy atom. The largest absolute Gasteiger partial charge is 0.485 e. The molecule has 0 aliphatic carbocycles. The fourth-order valence-corrected chi connectivity index (χ4v) is 4.93. The number of hydrogen-bond donors (Lipinski definition) is 0. The van der Waals surface area contributed by atoms with Gasteiger partial charge in [-0.25, -0.2) is 0 Å². The monoisotopic (exact) mass is 449 g/mol. The van der Waals surface area contributed by atoms with Crippen molar-refractivity contribution in [1.82, 2.24) is 4.90 Å². The summed E-state index contributed by atoms with van der Waals surface area (Å²) in [6.07, 6.45) is 1.99. The highest BCUT2D eigenvalue weighted by atomic mass is 16.5. The van der Waals surface area contributed by atoms with Crippen LogP contribution >= 0.6 is 0 Å². The molecule has 0 radical (unpaired) electrons. The lowest BCUT2D eigenvalue weighted by Crippen LogP contribution is -2.57. The molecule has 176 valence electrons. The average molecular weight is 450 g/mol. The van der Waals surface area contributed by atoms with Gasteiger partial charge in [0.05, 0.1) is 25.6 Å². The number of rotatable bonds is 7. The lowest BCUT2D eigenvalue weighted by molar-refractivity contribution is -0.913. The van der Waals surface area contributed by atoms with E-state index in [-0.39, 0.29) is 5.41 Å². The van der Waals surface area contributed by atoms with Gasteiger partial charge in [-0.15, -0.1) is 0 Å². The number of para-hydroxylation sites is 3. The molecule has 0 amide bonds. The number of nitrogens with zero attached hydrogens (tertiary/aromatic N) is 5. The Kier molecular flexibility index (Phi) is 6.59. The molecule has 6 heteroatoms. The average Bonchev–Trinajstić information content (AvgIpc) is 3.00. The number of benzene rings is 2. The van der Waals surface area contributed by atoms with Gasteiger partial charge in [0.25, 0.3) is 0 Å². The van der Waals surface area contributed by atoms with E-state index in [2.05, 4.69) is 74.8 Å². The molecule has 2 aromatic rings. The summed E-state index contributed by atoms with van der Waals surface area (Å²) >= 11 is 0. The Balaban J connectivity index is 1.45. The quantitative estimate of drug-likeness (QED) is 0.280. The summed E-state index contributed by atoms with van der Waals surface area (Å²) < 4.78 is 9.59. The zero-order chi connectivity index (χ0) is 23.6. The molecule has 0 aromatic heterocycles. The third kappa shape index (κ3) is 4.82. The van der Waals surface area contributed by atoms with Gasteiger partial charge in [0, 0.05) is 31.8 Å². The molecule has 2 aliphatic rings. The van der Waals surface area contributed by atoms with Crippen molar-refractivity contribution in [2.24, 2.45) is 5.10 Å². The highest BCUT2D eigenvalue weighted by molar-refractivity contribution is 6.33. The lowest BCUT2D eigenvalue weighted by atomic mass is 9.82. The van der Waals surface area contributed by atoms with Gasteiger partial charge in [0.2, 0.25) is 11.4 Å². The second kappa shape index (κ2) is 9.27. The zero-order valence-corrected chi connectivity index (χ0v) is 21.1. The van der Waals surface area contributed by atoms with Crippen molar-refractivity contribution >= 4 is 23.3 Å². The molecule has 0 unspecified atom stereocenters. The number of ether oxygens (including phenoxy) is 1. The second-order valence-electron chi connectivity index (χ2n) is 10.3. The molecule has 0 spiro atoms. The van der Waals surface area contributed by atoms with Gasteiger partial charge < -0.3 is 9.22 Å². The molecule has 0 atom stereocenters. The Morgan fingerprint density at radius 1 is 1.12 bits per heavy atom. The Labute approximate surface area is 199 Å². The number of fused-ring (bicyclic) bond motifs is 1. The molecule has 1 saturated heterocycles. The van der Waals surface area contributed by atoms with Crippen molar-refractivity contribution in [2.75, 3.05) is 72.5 Å². The van der Waals surface area contributed by atoms with Crippen LogP contribution in [0.4, 0.5) is 11.4 Å². The molecule has 0 saturated carbocycles. The molecular weight excluding hydrogens is 410 g/mol. The zero-order valence-electron chi connectivity index (χ0n) is 21.1.